The molecule has 5 unspecified atom stereocenters. The summed E-state index contributed by atoms with van der Waals surface area (Å²) in [6.45, 7) is 2.54. The van der Waals surface area contributed by atoms with Crippen LogP contribution in [0.5, 0.6) is 0 Å². The van der Waals surface area contributed by atoms with Gasteiger partial charge in [-0.2, -0.15) is 0 Å². The molecule has 0 aliphatic heterocycles. The molecule has 5 atom stereocenters. The van der Waals surface area contributed by atoms with Gasteiger partial charge in [-0.3, -0.25) is 32.5 Å². The van der Waals surface area contributed by atoms with Gasteiger partial charge in [-0.25, -0.2) is 9.13 Å². The summed E-state index contributed by atoms with van der Waals surface area (Å²) >= 11 is 0. The minimum atomic E-state index is -4.95. The number of phosphoric ester groups is 2. The van der Waals surface area contributed by atoms with E-state index in [4.69, 9.17) is 32.3 Å². The summed E-state index contributed by atoms with van der Waals surface area (Å²) < 4.78 is 61.5. The van der Waals surface area contributed by atoms with Gasteiger partial charge in [0.15, 0.2) is 6.10 Å². The number of carbonyl (C=O) groups is 3. The first-order valence-corrected chi connectivity index (χ1v) is 49.8. The summed E-state index contributed by atoms with van der Waals surface area (Å²) in [4.78, 5) is 59.0. The van der Waals surface area contributed by atoms with Gasteiger partial charge in [0.1, 0.15) is 25.4 Å². The highest BCUT2D eigenvalue weighted by Crippen LogP contribution is 2.45. The summed E-state index contributed by atoms with van der Waals surface area (Å²) in [7, 11) is -9.82. The highest BCUT2D eigenvalue weighted by Gasteiger charge is 2.29. The van der Waals surface area contributed by atoms with Gasteiger partial charge in [0.05, 0.1) is 26.4 Å². The van der Waals surface area contributed by atoms with Crippen LogP contribution in [0.4, 0.5) is 0 Å². The Morgan fingerprint density at radius 3 is 0.718 bits per heavy atom. The molecule has 0 aliphatic carbocycles. The van der Waals surface area contributed by atoms with E-state index in [9.17, 15) is 43.5 Å². The lowest BCUT2D eigenvalue weighted by Gasteiger charge is -2.21. The lowest BCUT2D eigenvalue weighted by Crippen LogP contribution is -2.30. The van der Waals surface area contributed by atoms with Gasteiger partial charge in [0, 0.05) is 19.3 Å². The molecule has 0 saturated heterocycles. The minimum Gasteiger partial charge on any atom is -0.463 e. The molecule has 117 heavy (non-hydrogen) atoms. The highest BCUT2D eigenvalue weighted by molar-refractivity contribution is 7.47. The Hall–Kier alpha value is -4.83. The topological polar surface area (TPSA) is 231 Å². The molecule has 18 heteroatoms. The van der Waals surface area contributed by atoms with E-state index in [2.05, 4.69) is 179 Å². The summed E-state index contributed by atoms with van der Waals surface area (Å²) in [5.41, 5.74) is 0. The average Bonchev–Trinajstić information content (AvgIpc) is 0.900. The van der Waals surface area contributed by atoms with Crippen LogP contribution in [0.3, 0.4) is 0 Å². The zero-order valence-corrected chi connectivity index (χ0v) is 75.9. The molecule has 4 N–H and O–H groups in total. The molecule has 0 amide bonds. The molecule has 0 fully saturated rings. The van der Waals surface area contributed by atoms with E-state index in [1.807, 2.05) is 0 Å². The molecule has 0 radical (unpaired) electrons. The first-order chi connectivity index (χ1) is 57.2. The molecule has 0 aromatic heterocycles. The normalized spacial score (nSPS) is 14.5. The molecule has 0 heterocycles. The van der Waals surface area contributed by atoms with Crippen LogP contribution < -0.4 is 0 Å². The number of unbranched alkanes of at least 4 members (excludes halogenated alkanes) is 39. The van der Waals surface area contributed by atoms with Crippen LogP contribution in [-0.4, -0.2) is 95.9 Å². The molecule has 0 spiro atoms. The summed E-state index contributed by atoms with van der Waals surface area (Å²) in [5, 5.41) is 20.7. The SMILES string of the molecule is CC/C=C\C/C=C\C/C=C\C/C=C\C/C=C\CCCCCCCCCCCCCCCC(=O)OCC(COP(=O)(O)OCC(O)COP(=O)(O)OCC(O)COC(=O)CCCCCCCCCCCCCCCCC/C=C\C/C=C\C/C=C\C/C=C\CCCCC)OC(=O)CCCCCCC/C=C\C/C=C\C/C=C\C/C=C\CCCCC. The number of carbonyl (C=O) groups excluding carboxylic acids is 3. The monoisotopic (exact) mass is 1680 g/mol. The van der Waals surface area contributed by atoms with Crippen molar-refractivity contribution in [1.29, 1.82) is 0 Å². The van der Waals surface area contributed by atoms with Gasteiger partial charge in [0.2, 0.25) is 0 Å². The van der Waals surface area contributed by atoms with E-state index in [1.54, 1.807) is 0 Å². The minimum absolute atomic E-state index is 0.0803. The van der Waals surface area contributed by atoms with Gasteiger partial charge >= 0.3 is 33.6 Å². The molecule has 16 nitrogen and oxygen atoms in total. The number of hydrogen-bond acceptors (Lipinski definition) is 14. The Morgan fingerprint density at radius 1 is 0.248 bits per heavy atom. The molecule has 0 aromatic rings. The van der Waals surface area contributed by atoms with Crippen LogP contribution in [0.2, 0.25) is 0 Å². The average molecular weight is 1680 g/mol. The maximum Gasteiger partial charge on any atom is 0.472 e. The van der Waals surface area contributed by atoms with Crippen LogP contribution in [0, 0.1) is 0 Å². The van der Waals surface area contributed by atoms with Crippen molar-refractivity contribution in [2.75, 3.05) is 39.6 Å². The Balaban J connectivity index is 4.60. The first kappa shape index (κ1) is 112. The molecular weight excluding hydrogens is 1510 g/mol. The third kappa shape index (κ3) is 91.7. The van der Waals surface area contributed by atoms with Crippen molar-refractivity contribution in [2.45, 2.75) is 411 Å². The number of rotatable bonds is 88. The molecule has 0 bridgehead atoms. The van der Waals surface area contributed by atoms with Crippen LogP contribution in [0.25, 0.3) is 0 Å². The summed E-state index contributed by atoms with van der Waals surface area (Å²) in [6.07, 6.45) is 116. The van der Waals surface area contributed by atoms with E-state index in [0.29, 0.717) is 19.3 Å². The van der Waals surface area contributed by atoms with Crippen molar-refractivity contribution >= 4 is 33.6 Å². The number of hydrogen-bond donors (Lipinski definition) is 4. The molecule has 0 saturated carbocycles. The van der Waals surface area contributed by atoms with Gasteiger partial charge < -0.3 is 34.2 Å². The first-order valence-electron chi connectivity index (χ1n) is 46.8. The quantitative estimate of drug-likeness (QED) is 0.0146. The fraction of sp³-hybridized carbons (Fsp3) is 0.707. The van der Waals surface area contributed by atoms with Gasteiger partial charge in [-0.1, -0.05) is 378 Å². The van der Waals surface area contributed by atoms with E-state index in [1.165, 1.54) is 173 Å². The standard InChI is InChI=1S/C99H170O16P2/c1-4-7-10-13-16-19-22-25-28-31-34-37-39-41-43-45-46-48-50-51-53-56-58-61-64-67-70-73-76-79-82-85-97(102)109-88-94(100)89-111-116(105,106)112-90-95(101)91-113-117(107,108)114-93-96(115-99(104)87-84-81-78-75-72-69-66-63-60-55-36-33-30-27-24-21-18-15-12-9-6-3)92-110-98(103)86-83-80-77-74-71-68-65-62-59-57-54-52-49-47-44-42-40-38-35-32-29-26-23-20-17-14-11-8-5-2/h8,11,16-21,25-30,34-38,41-44,55,63,66,94-96,100-101H,4-7,9-10,12-15,22-24,31-33,39-40,45-54,56-62,64-65,67-93H2,1-3H3,(H,105,106)(H,107,108)/b11-8-,19-16-,20-17-,21-18-,28-25-,29-26-,30-27-,37-34-,38-35-,43-41-,44-42-,55-36-,66-63-. The maximum absolute atomic E-state index is 13.1. The third-order valence-electron chi connectivity index (χ3n) is 19.7. The number of ether oxygens (including phenoxy) is 3. The van der Waals surface area contributed by atoms with Gasteiger partial charge in [0.25, 0.3) is 0 Å². The zero-order valence-electron chi connectivity index (χ0n) is 74.1. The van der Waals surface area contributed by atoms with Crippen LogP contribution >= 0.6 is 15.6 Å². The maximum atomic E-state index is 13.1. The fourth-order valence-corrected chi connectivity index (χ4v) is 14.2. The van der Waals surface area contributed by atoms with Crippen LogP contribution in [-0.2, 0) is 55.8 Å². The molecule has 0 aromatic carbocycles. The fourth-order valence-electron chi connectivity index (χ4n) is 12.6. The largest absolute Gasteiger partial charge is 0.472 e. The smallest absolute Gasteiger partial charge is 0.463 e. The summed E-state index contributed by atoms with van der Waals surface area (Å²) in [5.74, 6) is -1.59. The van der Waals surface area contributed by atoms with E-state index in [0.717, 1.165) is 161 Å². The molecule has 0 aliphatic rings. The van der Waals surface area contributed by atoms with E-state index >= 15 is 0 Å². The zero-order chi connectivity index (χ0) is 85.1. The lowest BCUT2D eigenvalue weighted by molar-refractivity contribution is -0.161. The highest BCUT2D eigenvalue weighted by atomic mass is 31.2. The van der Waals surface area contributed by atoms with E-state index in [-0.39, 0.29) is 19.3 Å². The number of esters is 3. The number of aliphatic hydroxyl groups excluding tert-OH is 2. The predicted octanol–water partition coefficient (Wildman–Crippen LogP) is 28.9. The van der Waals surface area contributed by atoms with Gasteiger partial charge in [-0.05, 0) is 154 Å². The second-order valence-electron chi connectivity index (χ2n) is 31.1. The number of phosphoric acid groups is 2. The Labute approximate surface area is 714 Å². The van der Waals surface area contributed by atoms with E-state index < -0.39 is 91.5 Å². The molecule has 672 valence electrons. The van der Waals surface area contributed by atoms with Crippen molar-refractivity contribution in [1.82, 2.24) is 0 Å². The molecule has 0 rings (SSSR count). The Bertz CT molecular complexity index is 2760. The van der Waals surface area contributed by atoms with Crippen LogP contribution in [0.1, 0.15) is 393 Å². The lowest BCUT2D eigenvalue weighted by atomic mass is 10.0. The Kier molecular flexibility index (Phi) is 86.7. The Morgan fingerprint density at radius 2 is 0.453 bits per heavy atom. The van der Waals surface area contributed by atoms with Gasteiger partial charge in [-0.15, -0.1) is 0 Å². The number of allylic oxidation sites excluding steroid dienone is 26. The number of aliphatic hydroxyl groups is 2. The van der Waals surface area contributed by atoms with Crippen molar-refractivity contribution in [3.8, 4) is 0 Å². The second-order valence-corrected chi connectivity index (χ2v) is 34.0. The second kappa shape index (κ2) is 90.4. The van der Waals surface area contributed by atoms with Crippen molar-refractivity contribution < 1.29 is 75.8 Å². The van der Waals surface area contributed by atoms with Crippen LogP contribution in [0.15, 0.2) is 158 Å². The van der Waals surface area contributed by atoms with Crippen molar-refractivity contribution in [2.24, 2.45) is 0 Å². The van der Waals surface area contributed by atoms with Crippen molar-refractivity contribution in [3.05, 3.63) is 158 Å². The summed E-state index contributed by atoms with van der Waals surface area (Å²) in [6, 6.07) is 0. The van der Waals surface area contributed by atoms with Crippen molar-refractivity contribution in [3.63, 3.8) is 0 Å². The third-order valence-corrected chi connectivity index (χ3v) is 21.6. The predicted molar refractivity (Wildman–Crippen MR) is 491 cm³/mol. The molecular formula is C99H170O16P2.